The van der Waals surface area contributed by atoms with Crippen molar-refractivity contribution in [1.29, 1.82) is 0 Å². The molecule has 2 amide bonds. The summed E-state index contributed by atoms with van der Waals surface area (Å²) >= 11 is 0. The zero-order valence-electron chi connectivity index (χ0n) is 12.4. The van der Waals surface area contributed by atoms with Gasteiger partial charge in [-0.3, -0.25) is 0 Å². The average Bonchev–Trinajstić information content (AvgIpc) is 3.00. The lowest BCUT2D eigenvalue weighted by molar-refractivity contribution is 0.0749. The fraction of sp³-hybridized carbons (Fsp3) is 0.500. The highest BCUT2D eigenvalue weighted by atomic mass is 16.6. The summed E-state index contributed by atoms with van der Waals surface area (Å²) in [5.74, 6) is 0. The number of piperidine rings is 1. The molecule has 3 rings (SSSR count). The summed E-state index contributed by atoms with van der Waals surface area (Å²) in [6.45, 7) is 2.64. The van der Waals surface area contributed by atoms with Crippen molar-refractivity contribution in [2.45, 2.75) is 25.5 Å². The Labute approximate surface area is 129 Å². The Morgan fingerprint density at radius 2 is 1.91 bits per heavy atom. The van der Waals surface area contributed by atoms with Crippen LogP contribution in [0.2, 0.25) is 0 Å². The maximum Gasteiger partial charge on any atom is 0.410 e. The lowest BCUT2D eigenvalue weighted by Gasteiger charge is -2.34. The zero-order valence-corrected chi connectivity index (χ0v) is 12.4. The van der Waals surface area contributed by atoms with Gasteiger partial charge in [-0.15, -0.1) is 0 Å². The third-order valence-corrected chi connectivity index (χ3v) is 4.16. The Hall–Kier alpha value is -2.24. The summed E-state index contributed by atoms with van der Waals surface area (Å²) < 4.78 is 10.3. The number of likely N-dealkylation sites (tertiary alicyclic amines) is 1. The van der Waals surface area contributed by atoms with Crippen molar-refractivity contribution in [2.75, 3.05) is 26.2 Å². The number of carbonyl (C=O) groups is 2. The van der Waals surface area contributed by atoms with E-state index in [1.807, 2.05) is 30.3 Å². The normalized spacial score (nSPS) is 19.2. The SMILES string of the molecule is O=C(OCc1ccccc1)N1CCC(N2CCOC2=O)CC1. The number of hydrogen-bond donors (Lipinski definition) is 0. The van der Waals surface area contributed by atoms with Crippen molar-refractivity contribution in [1.82, 2.24) is 9.80 Å². The molecule has 0 aromatic heterocycles. The zero-order chi connectivity index (χ0) is 15.4. The van der Waals surface area contributed by atoms with Crippen LogP contribution in [0.4, 0.5) is 9.59 Å². The Balaban J connectivity index is 1.44. The first kappa shape index (κ1) is 14.7. The van der Waals surface area contributed by atoms with Gasteiger partial charge in [-0.05, 0) is 18.4 Å². The lowest BCUT2D eigenvalue weighted by Crippen LogP contribution is -2.47. The van der Waals surface area contributed by atoms with Crippen LogP contribution < -0.4 is 0 Å². The van der Waals surface area contributed by atoms with E-state index in [9.17, 15) is 9.59 Å². The molecule has 6 nitrogen and oxygen atoms in total. The minimum atomic E-state index is -0.286. The highest BCUT2D eigenvalue weighted by molar-refractivity contribution is 5.70. The Kier molecular flexibility index (Phi) is 4.46. The first-order valence-electron chi connectivity index (χ1n) is 7.63. The van der Waals surface area contributed by atoms with Crippen LogP contribution in [0.25, 0.3) is 0 Å². The van der Waals surface area contributed by atoms with E-state index in [1.54, 1.807) is 9.80 Å². The van der Waals surface area contributed by atoms with Gasteiger partial charge in [0.1, 0.15) is 13.2 Å². The van der Waals surface area contributed by atoms with Crippen molar-refractivity contribution in [3.05, 3.63) is 35.9 Å². The molecule has 1 aromatic carbocycles. The second-order valence-corrected chi connectivity index (χ2v) is 5.57. The molecular weight excluding hydrogens is 284 g/mol. The van der Waals surface area contributed by atoms with Gasteiger partial charge in [-0.2, -0.15) is 0 Å². The fourth-order valence-electron chi connectivity index (χ4n) is 2.91. The molecule has 2 heterocycles. The van der Waals surface area contributed by atoms with Crippen LogP contribution >= 0.6 is 0 Å². The third kappa shape index (κ3) is 3.32. The lowest BCUT2D eigenvalue weighted by atomic mass is 10.0. The van der Waals surface area contributed by atoms with Gasteiger partial charge in [0.25, 0.3) is 0 Å². The molecule has 2 aliphatic heterocycles. The number of hydrogen-bond acceptors (Lipinski definition) is 4. The number of carbonyl (C=O) groups excluding carboxylic acids is 2. The maximum atomic E-state index is 12.1. The van der Waals surface area contributed by atoms with Gasteiger partial charge in [-0.1, -0.05) is 30.3 Å². The van der Waals surface area contributed by atoms with Crippen LogP contribution in [0.1, 0.15) is 18.4 Å². The van der Waals surface area contributed by atoms with Gasteiger partial charge in [0.05, 0.1) is 6.54 Å². The largest absolute Gasteiger partial charge is 0.448 e. The number of ether oxygens (including phenoxy) is 2. The molecular formula is C16H20N2O4. The first-order chi connectivity index (χ1) is 10.7. The van der Waals surface area contributed by atoms with Crippen molar-refractivity contribution in [2.24, 2.45) is 0 Å². The molecule has 0 spiro atoms. The Morgan fingerprint density at radius 3 is 2.55 bits per heavy atom. The summed E-state index contributed by atoms with van der Waals surface area (Å²) in [5.41, 5.74) is 0.977. The molecule has 0 unspecified atom stereocenters. The predicted octanol–water partition coefficient (Wildman–Crippen LogP) is 2.24. The van der Waals surface area contributed by atoms with Crippen LogP contribution in [-0.2, 0) is 16.1 Å². The summed E-state index contributed by atoms with van der Waals surface area (Å²) in [6.07, 6.45) is 1.03. The molecule has 1 aromatic rings. The molecule has 2 saturated heterocycles. The molecule has 0 atom stereocenters. The maximum absolute atomic E-state index is 12.1. The second kappa shape index (κ2) is 6.68. The standard InChI is InChI=1S/C16H20N2O4/c19-15(22-12-13-4-2-1-3-5-13)17-8-6-14(7-9-17)18-10-11-21-16(18)20/h1-5,14H,6-12H2. The Morgan fingerprint density at radius 1 is 1.18 bits per heavy atom. The van der Waals surface area contributed by atoms with Gasteiger partial charge in [0.2, 0.25) is 0 Å². The molecule has 0 N–H and O–H groups in total. The number of nitrogens with zero attached hydrogens (tertiary/aromatic N) is 2. The number of cyclic esters (lactones) is 1. The molecule has 0 bridgehead atoms. The van der Waals surface area contributed by atoms with Gasteiger partial charge in [0.15, 0.2) is 0 Å². The van der Waals surface area contributed by atoms with Gasteiger partial charge in [-0.25, -0.2) is 9.59 Å². The monoisotopic (exact) mass is 304 g/mol. The van der Waals surface area contributed by atoms with Crippen molar-refractivity contribution < 1.29 is 19.1 Å². The van der Waals surface area contributed by atoms with Crippen molar-refractivity contribution in [3.8, 4) is 0 Å². The Bertz CT molecular complexity index is 526. The van der Waals surface area contributed by atoms with E-state index in [4.69, 9.17) is 9.47 Å². The minimum Gasteiger partial charge on any atom is -0.448 e. The van der Waals surface area contributed by atoms with E-state index >= 15 is 0 Å². The van der Waals surface area contributed by atoms with Crippen molar-refractivity contribution in [3.63, 3.8) is 0 Å². The van der Waals surface area contributed by atoms with E-state index in [0.29, 0.717) is 26.2 Å². The second-order valence-electron chi connectivity index (χ2n) is 5.57. The third-order valence-electron chi connectivity index (χ3n) is 4.16. The molecule has 118 valence electrons. The minimum absolute atomic E-state index is 0.174. The topological polar surface area (TPSA) is 59.1 Å². The van der Waals surface area contributed by atoms with Crippen molar-refractivity contribution >= 4 is 12.2 Å². The van der Waals surface area contributed by atoms with E-state index in [0.717, 1.165) is 18.4 Å². The van der Waals surface area contributed by atoms with Crippen LogP contribution in [0, 0.1) is 0 Å². The van der Waals surface area contributed by atoms with E-state index in [2.05, 4.69) is 0 Å². The van der Waals surface area contributed by atoms with Crippen LogP contribution in [0.5, 0.6) is 0 Å². The molecule has 6 heteroatoms. The van der Waals surface area contributed by atoms with Crippen LogP contribution in [0.15, 0.2) is 30.3 Å². The van der Waals surface area contributed by atoms with E-state index in [1.165, 1.54) is 0 Å². The van der Waals surface area contributed by atoms with Gasteiger partial charge in [0, 0.05) is 19.1 Å². The molecule has 0 aliphatic carbocycles. The quantitative estimate of drug-likeness (QED) is 0.859. The highest BCUT2D eigenvalue weighted by Crippen LogP contribution is 2.20. The smallest absolute Gasteiger partial charge is 0.410 e. The predicted molar refractivity (Wildman–Crippen MR) is 79.3 cm³/mol. The van der Waals surface area contributed by atoms with Gasteiger partial charge >= 0.3 is 12.2 Å². The summed E-state index contributed by atoms with van der Waals surface area (Å²) in [4.78, 5) is 27.1. The van der Waals surface area contributed by atoms with Crippen LogP contribution in [-0.4, -0.2) is 54.3 Å². The number of amides is 2. The number of rotatable bonds is 3. The number of benzene rings is 1. The first-order valence-corrected chi connectivity index (χ1v) is 7.63. The summed E-state index contributed by atoms with van der Waals surface area (Å²) in [5, 5.41) is 0. The molecule has 0 saturated carbocycles. The molecule has 2 fully saturated rings. The molecule has 22 heavy (non-hydrogen) atoms. The van der Waals surface area contributed by atoms with E-state index < -0.39 is 0 Å². The highest BCUT2D eigenvalue weighted by Gasteiger charge is 2.33. The fourth-order valence-corrected chi connectivity index (χ4v) is 2.91. The average molecular weight is 304 g/mol. The summed E-state index contributed by atoms with van der Waals surface area (Å²) in [6, 6.07) is 9.80. The summed E-state index contributed by atoms with van der Waals surface area (Å²) in [7, 11) is 0. The molecule has 0 radical (unpaired) electrons. The van der Waals surface area contributed by atoms with Crippen LogP contribution in [0.3, 0.4) is 0 Å². The van der Waals surface area contributed by atoms with Gasteiger partial charge < -0.3 is 19.3 Å². The molecule has 2 aliphatic rings. The van der Waals surface area contributed by atoms with E-state index in [-0.39, 0.29) is 24.8 Å².